The molecule has 6 aromatic rings. The van der Waals surface area contributed by atoms with Gasteiger partial charge in [0.05, 0.1) is 17.2 Å². The Labute approximate surface area is 259 Å². The van der Waals surface area contributed by atoms with E-state index in [2.05, 4.69) is 20.7 Å². The topological polar surface area (TPSA) is 133 Å². The molecule has 6 rings (SSSR count). The van der Waals surface area contributed by atoms with Gasteiger partial charge in [0.2, 0.25) is 0 Å². The summed E-state index contributed by atoms with van der Waals surface area (Å²) in [5.41, 5.74) is 4.11. The number of anilines is 3. The van der Waals surface area contributed by atoms with Gasteiger partial charge in [-0.2, -0.15) is 9.78 Å². The Morgan fingerprint density at radius 2 is 1.78 bits per heavy atom. The molecule has 0 bridgehead atoms. The molecule has 0 fully saturated rings. The number of fused-ring (bicyclic) bond motifs is 2. The first-order valence-electron chi connectivity index (χ1n) is 14.3. The van der Waals surface area contributed by atoms with Gasteiger partial charge in [0.15, 0.2) is 5.82 Å². The number of ether oxygens (including phenoxy) is 2. The maximum Gasteiger partial charge on any atom is 0.435 e. The molecule has 0 aliphatic carbocycles. The predicted octanol–water partition coefficient (Wildman–Crippen LogP) is 7.11. The van der Waals surface area contributed by atoms with Crippen molar-refractivity contribution in [2.45, 2.75) is 39.8 Å². The van der Waals surface area contributed by atoms with Gasteiger partial charge < -0.3 is 20.1 Å². The van der Waals surface area contributed by atoms with Gasteiger partial charge in [-0.1, -0.05) is 18.2 Å². The smallest absolute Gasteiger partial charge is 0.435 e. The summed E-state index contributed by atoms with van der Waals surface area (Å²) in [5.74, 6) is 0.972. The number of hydrogen-bond donors (Lipinski definition) is 2. The van der Waals surface area contributed by atoms with Gasteiger partial charge in [-0.15, -0.1) is 0 Å². The van der Waals surface area contributed by atoms with Crippen molar-refractivity contribution in [3.05, 3.63) is 97.0 Å². The van der Waals surface area contributed by atoms with Gasteiger partial charge in [-0.05, 0) is 80.9 Å². The summed E-state index contributed by atoms with van der Waals surface area (Å²) < 4.78 is 12.1. The number of esters is 1. The third-order valence-electron chi connectivity index (χ3n) is 6.67. The summed E-state index contributed by atoms with van der Waals surface area (Å²) in [6, 6.07) is 22.5. The van der Waals surface area contributed by atoms with Crippen molar-refractivity contribution in [3.8, 4) is 17.1 Å². The summed E-state index contributed by atoms with van der Waals surface area (Å²) in [4.78, 5) is 38.3. The highest BCUT2D eigenvalue weighted by Gasteiger charge is 2.20. The van der Waals surface area contributed by atoms with Crippen molar-refractivity contribution in [2.75, 3.05) is 10.6 Å². The lowest BCUT2D eigenvalue weighted by molar-refractivity contribution is -0.131. The lowest BCUT2D eigenvalue weighted by atomic mass is 10.1. The molecule has 226 valence electrons. The number of nitrogens with one attached hydrogen (secondary N) is 2. The van der Waals surface area contributed by atoms with Gasteiger partial charge in [-0.3, -0.25) is 9.78 Å². The van der Waals surface area contributed by atoms with Gasteiger partial charge in [0, 0.05) is 53.6 Å². The van der Waals surface area contributed by atoms with Crippen molar-refractivity contribution < 1.29 is 19.1 Å². The Kier molecular flexibility index (Phi) is 7.82. The monoisotopic (exact) mass is 601 g/mol. The fourth-order valence-corrected chi connectivity index (χ4v) is 4.73. The minimum atomic E-state index is -0.650. The average molecular weight is 602 g/mol. The fraction of sp³-hybridized carbons (Fsp3) is 0.176. The molecular weight excluding hydrogens is 570 g/mol. The summed E-state index contributed by atoms with van der Waals surface area (Å²) in [5, 5.41) is 12.5. The second kappa shape index (κ2) is 12.0. The molecular formula is C34H31N7O4. The Hall–Kier alpha value is -5.84. The van der Waals surface area contributed by atoms with E-state index in [1.807, 2.05) is 54.7 Å². The Morgan fingerprint density at radius 1 is 0.911 bits per heavy atom. The maximum absolute atomic E-state index is 12.7. The maximum atomic E-state index is 12.7. The second-order valence-electron chi connectivity index (χ2n) is 11.4. The number of benzene rings is 3. The second-order valence-corrected chi connectivity index (χ2v) is 11.4. The third kappa shape index (κ3) is 6.88. The molecule has 0 radical (unpaired) electrons. The summed E-state index contributed by atoms with van der Waals surface area (Å²) in [6.07, 6.45) is 4.62. The Bertz CT molecular complexity index is 2030. The van der Waals surface area contributed by atoms with E-state index in [0.717, 1.165) is 22.2 Å². The van der Waals surface area contributed by atoms with Crippen LogP contribution >= 0.6 is 0 Å². The normalized spacial score (nSPS) is 11.4. The average Bonchev–Trinajstić information content (AvgIpc) is 3.43. The zero-order valence-corrected chi connectivity index (χ0v) is 25.2. The quantitative estimate of drug-likeness (QED) is 0.144. The zero-order valence-electron chi connectivity index (χ0n) is 25.2. The number of carbonyl (C=O) groups is 2. The minimum Gasteiger partial charge on any atom is -0.442 e. The standard InChI is InChI=1S/C34H31N7O4/c1-21(42)44-27-11-12-29-28(17-27)32(38-26-10-13-30-24(16-26)20-37-41(30)33(43)45-34(2,3)4)40-31(39-29)23-8-5-9-25(15-23)36-19-22-7-6-14-35-18-22/h5-18,20,36H,19H2,1-4H3,(H,38,39,40). The van der Waals surface area contributed by atoms with E-state index in [4.69, 9.17) is 19.4 Å². The van der Waals surface area contributed by atoms with Crippen molar-refractivity contribution in [3.63, 3.8) is 0 Å². The summed E-state index contributed by atoms with van der Waals surface area (Å²) in [6.45, 7) is 7.39. The van der Waals surface area contributed by atoms with Crippen LogP contribution < -0.4 is 15.4 Å². The SMILES string of the molecule is CC(=O)Oc1ccc2nc(-c3cccc(NCc4cccnc4)c3)nc(Nc3ccc4c(cnn4C(=O)OC(C)(C)C)c3)c2c1. The van der Waals surface area contributed by atoms with Gasteiger partial charge in [0.1, 0.15) is 17.2 Å². The van der Waals surface area contributed by atoms with Crippen LogP contribution in [0.5, 0.6) is 5.75 Å². The number of carbonyl (C=O) groups excluding carboxylic acids is 2. The number of rotatable bonds is 7. The molecule has 0 amide bonds. The molecule has 11 heteroatoms. The first kappa shape index (κ1) is 29.2. The van der Waals surface area contributed by atoms with Crippen LogP contribution in [0, 0.1) is 0 Å². The van der Waals surface area contributed by atoms with Crippen molar-refractivity contribution >= 4 is 51.1 Å². The highest BCUT2D eigenvalue weighted by molar-refractivity contribution is 5.95. The number of pyridine rings is 1. The molecule has 3 heterocycles. The lowest BCUT2D eigenvalue weighted by Crippen LogP contribution is -2.27. The van der Waals surface area contributed by atoms with Crippen LogP contribution in [0.1, 0.15) is 33.3 Å². The van der Waals surface area contributed by atoms with E-state index < -0.39 is 17.7 Å². The number of hydrogen-bond acceptors (Lipinski definition) is 10. The van der Waals surface area contributed by atoms with Crippen molar-refractivity contribution in [1.82, 2.24) is 24.7 Å². The van der Waals surface area contributed by atoms with E-state index in [1.54, 1.807) is 57.4 Å². The highest BCUT2D eigenvalue weighted by atomic mass is 16.6. The van der Waals surface area contributed by atoms with Gasteiger partial charge >= 0.3 is 12.1 Å². The van der Waals surface area contributed by atoms with E-state index in [1.165, 1.54) is 11.6 Å². The van der Waals surface area contributed by atoms with E-state index >= 15 is 0 Å². The van der Waals surface area contributed by atoms with Crippen LogP contribution in [0.3, 0.4) is 0 Å². The molecule has 0 saturated heterocycles. The molecule has 0 saturated carbocycles. The Morgan fingerprint density at radius 3 is 2.56 bits per heavy atom. The van der Waals surface area contributed by atoms with Crippen LogP contribution in [-0.4, -0.2) is 42.4 Å². The van der Waals surface area contributed by atoms with Crippen molar-refractivity contribution in [1.29, 1.82) is 0 Å². The summed E-state index contributed by atoms with van der Waals surface area (Å²) >= 11 is 0. The zero-order chi connectivity index (χ0) is 31.6. The molecule has 3 aromatic heterocycles. The van der Waals surface area contributed by atoms with Crippen LogP contribution in [0.25, 0.3) is 33.2 Å². The highest BCUT2D eigenvalue weighted by Crippen LogP contribution is 2.32. The van der Waals surface area contributed by atoms with Gasteiger partial charge in [0.25, 0.3) is 0 Å². The lowest BCUT2D eigenvalue weighted by Gasteiger charge is -2.19. The Balaban J connectivity index is 1.35. The van der Waals surface area contributed by atoms with Crippen LogP contribution in [-0.2, 0) is 16.1 Å². The fourth-order valence-electron chi connectivity index (χ4n) is 4.73. The minimum absolute atomic E-state index is 0.380. The van der Waals surface area contributed by atoms with E-state index in [0.29, 0.717) is 46.0 Å². The molecule has 11 nitrogen and oxygen atoms in total. The van der Waals surface area contributed by atoms with E-state index in [9.17, 15) is 9.59 Å². The first-order valence-corrected chi connectivity index (χ1v) is 14.3. The third-order valence-corrected chi connectivity index (χ3v) is 6.67. The first-order chi connectivity index (χ1) is 21.6. The van der Waals surface area contributed by atoms with Crippen molar-refractivity contribution in [2.24, 2.45) is 0 Å². The molecule has 3 aromatic carbocycles. The molecule has 0 aliphatic rings. The molecule has 0 spiro atoms. The predicted molar refractivity (Wildman–Crippen MR) is 172 cm³/mol. The molecule has 45 heavy (non-hydrogen) atoms. The largest absolute Gasteiger partial charge is 0.442 e. The number of aromatic nitrogens is 5. The molecule has 0 unspecified atom stereocenters. The van der Waals surface area contributed by atoms with Crippen LogP contribution in [0.4, 0.5) is 22.0 Å². The molecule has 0 aliphatic heterocycles. The summed E-state index contributed by atoms with van der Waals surface area (Å²) in [7, 11) is 0. The van der Waals surface area contributed by atoms with E-state index in [-0.39, 0.29) is 0 Å². The number of nitrogens with zero attached hydrogens (tertiary/aromatic N) is 5. The van der Waals surface area contributed by atoms with Crippen LogP contribution in [0.2, 0.25) is 0 Å². The van der Waals surface area contributed by atoms with Gasteiger partial charge in [-0.25, -0.2) is 14.8 Å². The molecule has 2 N–H and O–H groups in total. The van der Waals surface area contributed by atoms with Crippen LogP contribution in [0.15, 0.2) is 91.4 Å². The molecule has 0 atom stereocenters.